The molecule has 2 aromatic carbocycles. The fourth-order valence-electron chi connectivity index (χ4n) is 3.32. The molecular formula is C22H20F3N3O3. The van der Waals surface area contributed by atoms with E-state index in [1.165, 1.54) is 16.7 Å². The predicted octanol–water partition coefficient (Wildman–Crippen LogP) is 3.24. The molecule has 2 N–H and O–H groups in total. The van der Waals surface area contributed by atoms with Gasteiger partial charge in [0.1, 0.15) is 0 Å². The summed E-state index contributed by atoms with van der Waals surface area (Å²) in [5, 5.41) is 10.5. The number of nitrogens with zero attached hydrogens (tertiary/aromatic N) is 2. The van der Waals surface area contributed by atoms with Gasteiger partial charge >= 0.3 is 12.1 Å². The summed E-state index contributed by atoms with van der Waals surface area (Å²) in [7, 11) is 0. The Hall–Kier alpha value is -3.46. The topological polar surface area (TPSA) is 84.2 Å². The van der Waals surface area contributed by atoms with E-state index >= 15 is 0 Å². The molecule has 2 heterocycles. The van der Waals surface area contributed by atoms with Gasteiger partial charge in [-0.1, -0.05) is 48.5 Å². The van der Waals surface area contributed by atoms with Gasteiger partial charge in [0.15, 0.2) is 0 Å². The lowest BCUT2D eigenvalue weighted by atomic mass is 9.95. The second kappa shape index (κ2) is 9.57. The van der Waals surface area contributed by atoms with Crippen LogP contribution >= 0.6 is 0 Å². The number of aliphatic carboxylic acids is 1. The molecule has 31 heavy (non-hydrogen) atoms. The van der Waals surface area contributed by atoms with Crippen molar-refractivity contribution < 1.29 is 23.1 Å². The minimum absolute atomic E-state index is 0.00253. The second-order valence-corrected chi connectivity index (χ2v) is 6.89. The summed E-state index contributed by atoms with van der Waals surface area (Å²) in [4.78, 5) is 26.0. The fraction of sp³-hybridized carbons (Fsp3) is 0.227. The van der Waals surface area contributed by atoms with Gasteiger partial charge in [-0.3, -0.25) is 9.36 Å². The molecule has 0 unspecified atom stereocenters. The van der Waals surface area contributed by atoms with E-state index in [9.17, 15) is 18.0 Å². The van der Waals surface area contributed by atoms with Crippen molar-refractivity contribution in [3.8, 4) is 11.1 Å². The summed E-state index contributed by atoms with van der Waals surface area (Å²) in [5.74, 6) is -2.76. The lowest BCUT2D eigenvalue weighted by Crippen LogP contribution is -2.27. The van der Waals surface area contributed by atoms with Crippen LogP contribution < -0.4 is 10.9 Å². The van der Waals surface area contributed by atoms with Crippen LogP contribution in [0.25, 0.3) is 11.1 Å². The molecule has 0 atom stereocenters. The Labute approximate surface area is 176 Å². The lowest BCUT2D eigenvalue weighted by molar-refractivity contribution is -0.192. The highest BCUT2D eigenvalue weighted by atomic mass is 19.4. The number of rotatable bonds is 3. The average molecular weight is 431 g/mol. The quantitative estimate of drug-likeness (QED) is 0.665. The van der Waals surface area contributed by atoms with Crippen LogP contribution in [0, 0.1) is 0 Å². The molecule has 9 heteroatoms. The van der Waals surface area contributed by atoms with Crippen molar-refractivity contribution in [2.24, 2.45) is 0 Å². The normalized spacial score (nSPS) is 13.0. The van der Waals surface area contributed by atoms with Crippen molar-refractivity contribution in [1.29, 1.82) is 0 Å². The molecule has 0 spiro atoms. The third-order valence-corrected chi connectivity index (χ3v) is 4.81. The zero-order valence-corrected chi connectivity index (χ0v) is 16.4. The fourth-order valence-corrected chi connectivity index (χ4v) is 3.32. The number of fused-ring (bicyclic) bond motifs is 1. The van der Waals surface area contributed by atoms with Crippen molar-refractivity contribution in [3.63, 3.8) is 0 Å². The molecule has 1 aromatic heterocycles. The van der Waals surface area contributed by atoms with Crippen molar-refractivity contribution in [3.05, 3.63) is 88.1 Å². The first-order valence-corrected chi connectivity index (χ1v) is 9.47. The van der Waals surface area contributed by atoms with E-state index in [2.05, 4.69) is 28.5 Å². The summed E-state index contributed by atoms with van der Waals surface area (Å²) in [6.07, 6.45) is -0.792. The molecule has 0 fully saturated rings. The number of carbonyl (C=O) groups is 1. The first-order valence-electron chi connectivity index (χ1n) is 9.47. The molecule has 1 aliphatic rings. The van der Waals surface area contributed by atoms with Crippen LogP contribution in [0.3, 0.4) is 0 Å². The van der Waals surface area contributed by atoms with Gasteiger partial charge in [0.25, 0.3) is 5.56 Å². The molecule has 0 radical (unpaired) electrons. The van der Waals surface area contributed by atoms with Crippen LogP contribution in [-0.4, -0.2) is 33.3 Å². The zero-order chi connectivity index (χ0) is 22.4. The SMILES string of the molecule is O=C(O)C(F)(F)F.O=c1c(-c2ccccc2)cncn1Cc1cccc2c1CCNC2. The van der Waals surface area contributed by atoms with Crippen molar-refractivity contribution in [2.45, 2.75) is 25.7 Å². The Balaban J connectivity index is 0.000000339. The minimum atomic E-state index is -5.08. The van der Waals surface area contributed by atoms with E-state index in [1.807, 2.05) is 30.3 Å². The summed E-state index contributed by atoms with van der Waals surface area (Å²) >= 11 is 0. The van der Waals surface area contributed by atoms with E-state index < -0.39 is 12.1 Å². The van der Waals surface area contributed by atoms with Crippen LogP contribution in [0.2, 0.25) is 0 Å². The van der Waals surface area contributed by atoms with Gasteiger partial charge in [0.05, 0.1) is 18.4 Å². The van der Waals surface area contributed by atoms with Gasteiger partial charge in [0.2, 0.25) is 0 Å². The molecule has 3 aromatic rings. The lowest BCUT2D eigenvalue weighted by Gasteiger charge is -2.20. The minimum Gasteiger partial charge on any atom is -0.475 e. The number of alkyl halides is 3. The van der Waals surface area contributed by atoms with E-state index in [0.717, 1.165) is 25.1 Å². The van der Waals surface area contributed by atoms with E-state index in [1.54, 1.807) is 17.1 Å². The third kappa shape index (κ3) is 5.58. The number of halogens is 3. The molecule has 1 aliphatic heterocycles. The molecule has 162 valence electrons. The number of carboxylic acid groups (broad SMARTS) is 1. The smallest absolute Gasteiger partial charge is 0.475 e. The molecule has 0 bridgehead atoms. The number of hydrogen-bond donors (Lipinski definition) is 2. The Kier molecular flexibility index (Phi) is 6.86. The molecule has 0 aliphatic carbocycles. The van der Waals surface area contributed by atoms with Crippen LogP contribution in [0.4, 0.5) is 13.2 Å². The maximum atomic E-state index is 12.9. The van der Waals surface area contributed by atoms with Gasteiger partial charge in [-0.25, -0.2) is 9.78 Å². The predicted molar refractivity (Wildman–Crippen MR) is 109 cm³/mol. The Bertz CT molecular complexity index is 1110. The molecule has 0 saturated carbocycles. The molecule has 0 amide bonds. The summed E-state index contributed by atoms with van der Waals surface area (Å²) in [6.45, 7) is 2.46. The van der Waals surface area contributed by atoms with Gasteiger partial charge in [-0.15, -0.1) is 0 Å². The first-order chi connectivity index (χ1) is 14.8. The zero-order valence-electron chi connectivity index (χ0n) is 16.4. The maximum Gasteiger partial charge on any atom is 0.490 e. The Morgan fingerprint density at radius 2 is 1.84 bits per heavy atom. The maximum absolute atomic E-state index is 12.9. The van der Waals surface area contributed by atoms with Gasteiger partial charge in [0, 0.05) is 12.7 Å². The van der Waals surface area contributed by atoms with Gasteiger partial charge in [-0.05, 0) is 35.2 Å². The van der Waals surface area contributed by atoms with Crippen LogP contribution in [0.15, 0.2) is 65.8 Å². The Morgan fingerprint density at radius 1 is 1.13 bits per heavy atom. The van der Waals surface area contributed by atoms with E-state index in [4.69, 9.17) is 9.90 Å². The third-order valence-electron chi connectivity index (χ3n) is 4.81. The van der Waals surface area contributed by atoms with Crippen LogP contribution in [0.5, 0.6) is 0 Å². The van der Waals surface area contributed by atoms with Crippen LogP contribution in [-0.2, 0) is 24.3 Å². The highest BCUT2D eigenvalue weighted by molar-refractivity contribution is 5.73. The Morgan fingerprint density at radius 3 is 2.52 bits per heavy atom. The number of benzene rings is 2. The molecule has 4 rings (SSSR count). The number of carboxylic acids is 1. The second-order valence-electron chi connectivity index (χ2n) is 6.89. The average Bonchev–Trinajstić information content (AvgIpc) is 2.76. The van der Waals surface area contributed by atoms with Crippen LogP contribution in [0.1, 0.15) is 16.7 Å². The monoisotopic (exact) mass is 431 g/mol. The number of hydrogen-bond acceptors (Lipinski definition) is 4. The van der Waals surface area contributed by atoms with Gasteiger partial charge < -0.3 is 10.4 Å². The van der Waals surface area contributed by atoms with Crippen molar-refractivity contribution >= 4 is 5.97 Å². The van der Waals surface area contributed by atoms with Gasteiger partial charge in [-0.2, -0.15) is 13.2 Å². The highest BCUT2D eigenvalue weighted by Crippen LogP contribution is 2.20. The number of nitrogens with one attached hydrogen (secondary N) is 1. The van der Waals surface area contributed by atoms with Crippen molar-refractivity contribution in [1.82, 2.24) is 14.9 Å². The molecule has 0 saturated heterocycles. The molecular weight excluding hydrogens is 411 g/mol. The summed E-state index contributed by atoms with van der Waals surface area (Å²) in [6, 6.07) is 16.1. The summed E-state index contributed by atoms with van der Waals surface area (Å²) < 4.78 is 33.4. The standard InChI is InChI=1S/C20H19N3O.C2HF3O2/c24-20-19(15-5-2-1-3-6-15)12-22-14-23(20)13-17-8-4-7-16-11-21-10-9-18(16)17;3-2(4,5)1(6)7/h1-8,12,14,21H,9-11,13H2;(H,6,7). The largest absolute Gasteiger partial charge is 0.490 e. The highest BCUT2D eigenvalue weighted by Gasteiger charge is 2.38. The van der Waals surface area contributed by atoms with E-state index in [-0.39, 0.29) is 5.56 Å². The molecule has 6 nitrogen and oxygen atoms in total. The first kappa shape index (κ1) is 22.2. The van der Waals surface area contributed by atoms with Crippen molar-refractivity contribution in [2.75, 3.05) is 6.54 Å². The van der Waals surface area contributed by atoms with E-state index in [0.29, 0.717) is 12.1 Å². The summed E-state index contributed by atoms with van der Waals surface area (Å²) in [5.41, 5.74) is 5.46. The number of aromatic nitrogens is 2.